The number of halogens is 3. The van der Waals surface area contributed by atoms with Gasteiger partial charge >= 0.3 is 6.29 Å². The maximum absolute atomic E-state index is 16.1. The number of aliphatic hydroxyl groups is 2. The van der Waals surface area contributed by atoms with Crippen molar-refractivity contribution >= 4 is 16.7 Å². The first-order valence-corrected chi connectivity index (χ1v) is 10.6. The van der Waals surface area contributed by atoms with E-state index in [2.05, 4.69) is 9.47 Å². The fourth-order valence-electron chi connectivity index (χ4n) is 3.90. The van der Waals surface area contributed by atoms with E-state index in [4.69, 9.17) is 23.3 Å². The van der Waals surface area contributed by atoms with E-state index >= 15 is 4.39 Å². The number of aromatic nitrogens is 1. The second-order valence-electron chi connectivity index (χ2n) is 8.49. The van der Waals surface area contributed by atoms with Crippen LogP contribution in [0.15, 0.2) is 36.3 Å². The molecule has 198 valence electrons. The minimum atomic E-state index is -4.45. The van der Waals surface area contributed by atoms with Crippen LogP contribution >= 0.6 is 0 Å². The average Bonchev–Trinajstić information content (AvgIpc) is 3.33. The molecule has 1 aliphatic carbocycles. The number of benzene rings is 2. The average molecular weight is 535 g/mol. The summed E-state index contributed by atoms with van der Waals surface area (Å²) in [4.78, 5) is 14.1. The molecule has 1 fully saturated rings. The summed E-state index contributed by atoms with van der Waals surface area (Å²) in [6, 6.07) is -1.86. The molecule has 0 radical (unpaired) electrons. The summed E-state index contributed by atoms with van der Waals surface area (Å²) in [6.07, 6.45) is -19.5. The van der Waals surface area contributed by atoms with Gasteiger partial charge in [0.2, 0.25) is 0 Å². The van der Waals surface area contributed by atoms with Gasteiger partial charge in [-0.25, -0.2) is 4.39 Å². The zero-order valence-corrected chi connectivity index (χ0v) is 19.1. The Morgan fingerprint density at radius 2 is 2.08 bits per heavy atom. The molecule has 1 aromatic heterocycles. The Hall–Kier alpha value is -3.04. The van der Waals surface area contributed by atoms with Crippen molar-refractivity contribution in [3.63, 3.8) is 0 Å². The highest BCUT2D eigenvalue weighted by atomic mass is 19.3. The third-order valence-electron chi connectivity index (χ3n) is 6.01. The summed E-state index contributed by atoms with van der Waals surface area (Å²) in [5.41, 5.74) is -9.70. The number of hydrogen-bond donors (Lipinski definition) is 2. The zero-order valence-electron chi connectivity index (χ0n) is 36.1. The van der Waals surface area contributed by atoms with Gasteiger partial charge in [0.25, 0.3) is 0 Å². The Morgan fingerprint density at radius 1 is 1.35 bits per heavy atom. The molecule has 2 heterocycles. The number of alkyl halides is 2. The Bertz CT molecular complexity index is 2080. The third-order valence-corrected chi connectivity index (χ3v) is 6.01. The number of nitrogens with zero attached hydrogens (tertiary/aromatic N) is 1. The molecule has 2 aromatic carbocycles. The molecule has 0 bridgehead atoms. The molecule has 2 N–H and O–H groups in total. The second kappa shape index (κ2) is 8.77. The van der Waals surface area contributed by atoms with Crippen LogP contribution in [0.25, 0.3) is 10.9 Å². The van der Waals surface area contributed by atoms with Crippen molar-refractivity contribution in [2.45, 2.75) is 75.9 Å². The lowest BCUT2D eigenvalue weighted by molar-refractivity contribution is -0.286. The van der Waals surface area contributed by atoms with Gasteiger partial charge in [-0.15, -0.1) is 8.78 Å². The molecule has 5 rings (SSSR count). The van der Waals surface area contributed by atoms with Gasteiger partial charge in [0.05, 0.1) is 41.0 Å². The highest BCUT2D eigenvalue weighted by Crippen LogP contribution is 2.52. The molecule has 1 aliphatic heterocycles. The molecule has 1 saturated carbocycles. The lowest BCUT2D eigenvalue weighted by atomic mass is 9.86. The standard InChI is InChI=1S/C28H30F3NO5/c1-4-26(2,3)24-10-17-9-16(20(29)13-21(17)32(24)14-19(34)15-33)11-25(35)27(7-8-27)18-5-6-22-23(12-18)37-28(30,31)36-22/h5-6,9-10,12-13,19,33-34H,4,7-8,11,14-15H2,1-3H3/t19-/m0/s1/i2D3,4D2,5D,6D,7D2,8D2,12D,14D2,15D2,19D/t19-,26?. The predicted molar refractivity (Wildman–Crippen MR) is 131 cm³/mol. The van der Waals surface area contributed by atoms with Crippen LogP contribution in [0.3, 0.4) is 0 Å². The lowest BCUT2D eigenvalue weighted by Crippen LogP contribution is -2.26. The Labute approximate surface area is 236 Å². The van der Waals surface area contributed by atoms with Gasteiger partial charge in [-0.3, -0.25) is 4.79 Å². The highest BCUT2D eigenvalue weighted by Gasteiger charge is 2.52. The van der Waals surface area contributed by atoms with E-state index in [1.807, 2.05) is 0 Å². The van der Waals surface area contributed by atoms with Crippen molar-refractivity contribution in [2.75, 3.05) is 6.56 Å². The number of ether oxygens (including phenoxy) is 2. The molecular formula is C28H30F3NO5. The summed E-state index contributed by atoms with van der Waals surface area (Å²) in [6.45, 7) is -9.83. The number of rotatable bonds is 9. The minimum absolute atomic E-state index is 0.113. The molecule has 0 spiro atoms. The van der Waals surface area contributed by atoms with E-state index in [0.717, 1.165) is 26.0 Å². The van der Waals surface area contributed by atoms with E-state index < -0.39 is 138 Å². The molecule has 3 aromatic rings. The number of Topliss-reactive ketones (excluding diaryl/α,β-unsaturated/α-hetero) is 1. The van der Waals surface area contributed by atoms with E-state index in [0.29, 0.717) is 6.07 Å². The minimum Gasteiger partial charge on any atom is -0.395 e. The van der Waals surface area contributed by atoms with E-state index in [9.17, 15) is 23.8 Å². The Balaban J connectivity index is 1.77. The number of ketones is 1. The van der Waals surface area contributed by atoms with Crippen LogP contribution in [0, 0.1) is 5.82 Å². The topological polar surface area (TPSA) is 80.9 Å². The summed E-state index contributed by atoms with van der Waals surface area (Å²) in [7, 11) is 0. The lowest BCUT2D eigenvalue weighted by Gasteiger charge is -2.26. The van der Waals surface area contributed by atoms with Crippen molar-refractivity contribution in [3.05, 3.63) is 59.0 Å². The van der Waals surface area contributed by atoms with E-state index in [-0.39, 0.29) is 4.57 Å². The van der Waals surface area contributed by atoms with Crippen LogP contribution < -0.4 is 9.47 Å². The molecule has 37 heavy (non-hydrogen) atoms. The maximum Gasteiger partial charge on any atom is 0.586 e. The van der Waals surface area contributed by atoms with Crippen LogP contribution in [0.2, 0.25) is 0 Å². The molecule has 0 amide bonds. The monoisotopic (exact) mass is 534 g/mol. The van der Waals surface area contributed by atoms with Crippen molar-refractivity contribution in [1.29, 1.82) is 0 Å². The fraction of sp³-hybridized carbons (Fsp3) is 0.464. The van der Waals surface area contributed by atoms with Gasteiger partial charge in [-0.05, 0) is 60.5 Å². The van der Waals surface area contributed by atoms with Crippen LogP contribution in [0.5, 0.6) is 11.5 Å². The molecule has 2 aliphatic rings. The van der Waals surface area contributed by atoms with Crippen LogP contribution in [0.4, 0.5) is 13.2 Å². The third kappa shape index (κ3) is 4.48. The first-order valence-electron chi connectivity index (χ1n) is 19.1. The molecule has 9 heteroatoms. The van der Waals surface area contributed by atoms with E-state index in [1.165, 1.54) is 0 Å². The summed E-state index contributed by atoms with van der Waals surface area (Å²) >= 11 is 0. The maximum atomic E-state index is 16.1. The molecule has 2 atom stereocenters. The number of carbonyl (C=O) groups is 1. The molecule has 6 nitrogen and oxygen atoms in total. The number of carbonyl (C=O) groups excluding carboxylic acids is 1. The summed E-state index contributed by atoms with van der Waals surface area (Å²) in [5, 5.41) is 20.2. The summed E-state index contributed by atoms with van der Waals surface area (Å²) in [5.74, 6) is -5.42. The molecule has 1 unspecified atom stereocenters. The fourth-order valence-corrected chi connectivity index (χ4v) is 3.90. The van der Waals surface area contributed by atoms with Crippen LogP contribution in [-0.2, 0) is 28.5 Å². The predicted octanol–water partition coefficient (Wildman–Crippen LogP) is 4.99. The summed E-state index contributed by atoms with van der Waals surface area (Å²) < 4.78 is 193. The number of fused-ring (bicyclic) bond motifs is 2. The van der Waals surface area contributed by atoms with Crippen molar-refractivity contribution < 1.29 is 61.0 Å². The zero-order chi connectivity index (χ0) is 41.7. The van der Waals surface area contributed by atoms with Gasteiger partial charge < -0.3 is 24.3 Å². The largest absolute Gasteiger partial charge is 0.586 e. The Kier molecular flexibility index (Phi) is 2.89. The van der Waals surface area contributed by atoms with Gasteiger partial charge in [0.15, 0.2) is 11.5 Å². The van der Waals surface area contributed by atoms with Gasteiger partial charge in [-0.2, -0.15) is 0 Å². The molecular weight excluding hydrogens is 487 g/mol. The van der Waals surface area contributed by atoms with Gasteiger partial charge in [-0.1, -0.05) is 26.7 Å². The number of hydrogen-bond acceptors (Lipinski definition) is 5. The molecule has 0 saturated heterocycles. The SMILES string of the molecule is [2H]c1c([2H])c(C2(C(=O)Cc3cc4cc(C(C)(C([2H])([2H])[2H])C([2H])([2H])C)n(C([2H])([2H])[C@]([2H])(O)C([2H])([2H])O)c4cc3F)C([2H])([2H])C2([2H])[2H])c([2H])c2c1OC(F)(F)O2. The first kappa shape index (κ1) is 12.2. The van der Waals surface area contributed by atoms with Gasteiger partial charge in [0, 0.05) is 35.3 Å². The Morgan fingerprint density at radius 3 is 2.73 bits per heavy atom. The van der Waals surface area contributed by atoms with Gasteiger partial charge in [0.1, 0.15) is 11.6 Å². The smallest absolute Gasteiger partial charge is 0.395 e. The van der Waals surface area contributed by atoms with Crippen molar-refractivity contribution in [3.8, 4) is 11.5 Å². The first-order chi connectivity index (χ1) is 23.9. The van der Waals surface area contributed by atoms with E-state index in [1.54, 1.807) is 0 Å². The highest BCUT2D eigenvalue weighted by molar-refractivity contribution is 5.95. The second-order valence-corrected chi connectivity index (χ2v) is 8.49. The van der Waals surface area contributed by atoms with Crippen LogP contribution in [0.1, 0.15) is 79.9 Å². The van der Waals surface area contributed by atoms with Crippen LogP contribution in [-0.4, -0.2) is 39.5 Å². The normalized spacial score (nSPS) is 31.4. The quantitative estimate of drug-likeness (QED) is 0.405. The van der Waals surface area contributed by atoms with Crippen molar-refractivity contribution in [1.82, 2.24) is 4.57 Å². The van der Waals surface area contributed by atoms with Crippen molar-refractivity contribution in [2.24, 2.45) is 0 Å².